The summed E-state index contributed by atoms with van der Waals surface area (Å²) in [6.07, 6.45) is 1.80. The second-order valence-electron chi connectivity index (χ2n) is 3.18. The van der Waals surface area contributed by atoms with E-state index in [0.717, 1.165) is 16.5 Å². The van der Waals surface area contributed by atoms with Crippen LogP contribution in [0.3, 0.4) is 0 Å². The summed E-state index contributed by atoms with van der Waals surface area (Å²) < 4.78 is 14.4. The van der Waals surface area contributed by atoms with Crippen LogP contribution in [0.25, 0.3) is 10.9 Å². The molecule has 2 aromatic rings. The summed E-state index contributed by atoms with van der Waals surface area (Å²) in [5.41, 5.74) is 8.04. The van der Waals surface area contributed by atoms with Crippen LogP contribution >= 0.6 is 0 Å². The Balaban J connectivity index is 2.80. The molecule has 0 radical (unpaired) electrons. The van der Waals surface area contributed by atoms with Crippen LogP contribution in [-0.4, -0.2) is 4.57 Å². The maximum Gasteiger partial charge on any atom is 0.117 e. The van der Waals surface area contributed by atoms with Crippen molar-refractivity contribution in [2.24, 2.45) is 7.05 Å². The molecule has 3 heteroatoms. The highest BCUT2D eigenvalue weighted by atomic mass is 19.1. The standard InChI is InChI=1S/C10H11FN2/c1-13-6-7(5-11)9-3-2-8(12)4-10(9)13/h2-4,6H,5,12H2,1H3. The number of fused-ring (bicyclic) bond motifs is 1. The van der Waals surface area contributed by atoms with Gasteiger partial charge in [-0.15, -0.1) is 0 Å². The van der Waals surface area contributed by atoms with Crippen molar-refractivity contribution < 1.29 is 4.39 Å². The molecule has 0 aliphatic heterocycles. The lowest BCUT2D eigenvalue weighted by Gasteiger charge is -1.97. The number of aryl methyl sites for hydroxylation is 1. The quantitative estimate of drug-likeness (QED) is 0.667. The molecule has 0 atom stereocenters. The second kappa shape index (κ2) is 2.76. The fraction of sp³-hybridized carbons (Fsp3) is 0.200. The number of benzene rings is 1. The number of hydrogen-bond donors (Lipinski definition) is 1. The van der Waals surface area contributed by atoms with Crippen LogP contribution in [0.4, 0.5) is 10.1 Å². The minimum Gasteiger partial charge on any atom is -0.399 e. The second-order valence-corrected chi connectivity index (χ2v) is 3.18. The molecule has 68 valence electrons. The van der Waals surface area contributed by atoms with E-state index in [2.05, 4.69) is 0 Å². The maximum atomic E-state index is 12.5. The monoisotopic (exact) mass is 178 g/mol. The highest BCUT2D eigenvalue weighted by Crippen LogP contribution is 2.23. The van der Waals surface area contributed by atoms with Crippen molar-refractivity contribution in [3.05, 3.63) is 30.0 Å². The van der Waals surface area contributed by atoms with Crippen molar-refractivity contribution in [3.8, 4) is 0 Å². The van der Waals surface area contributed by atoms with Gasteiger partial charge < -0.3 is 10.3 Å². The summed E-state index contributed by atoms with van der Waals surface area (Å²) >= 11 is 0. The Morgan fingerprint density at radius 3 is 2.92 bits per heavy atom. The Morgan fingerprint density at radius 2 is 2.23 bits per heavy atom. The van der Waals surface area contributed by atoms with Crippen molar-refractivity contribution in [3.63, 3.8) is 0 Å². The van der Waals surface area contributed by atoms with Crippen LogP contribution in [-0.2, 0) is 13.7 Å². The normalized spacial score (nSPS) is 10.9. The number of rotatable bonds is 1. The van der Waals surface area contributed by atoms with E-state index in [4.69, 9.17) is 5.73 Å². The van der Waals surface area contributed by atoms with E-state index in [1.54, 1.807) is 12.3 Å². The number of alkyl halides is 1. The van der Waals surface area contributed by atoms with Crippen LogP contribution in [0.2, 0.25) is 0 Å². The third-order valence-electron chi connectivity index (χ3n) is 2.24. The first-order valence-corrected chi connectivity index (χ1v) is 4.12. The molecule has 0 saturated heterocycles. The van der Waals surface area contributed by atoms with Crippen LogP contribution in [0, 0.1) is 0 Å². The molecule has 0 fully saturated rings. The molecule has 0 spiro atoms. The minimum atomic E-state index is -0.429. The Labute approximate surface area is 75.8 Å². The number of nitrogens with zero attached hydrogens (tertiary/aromatic N) is 1. The fourth-order valence-corrected chi connectivity index (χ4v) is 1.59. The van der Waals surface area contributed by atoms with Crippen molar-refractivity contribution in [1.29, 1.82) is 0 Å². The van der Waals surface area contributed by atoms with Gasteiger partial charge >= 0.3 is 0 Å². The van der Waals surface area contributed by atoms with Gasteiger partial charge in [-0.1, -0.05) is 6.07 Å². The number of aromatic nitrogens is 1. The molecule has 1 aromatic heterocycles. The van der Waals surface area contributed by atoms with Gasteiger partial charge in [-0.05, 0) is 12.1 Å². The topological polar surface area (TPSA) is 30.9 Å². The molecule has 0 unspecified atom stereocenters. The first kappa shape index (κ1) is 8.10. The summed E-state index contributed by atoms with van der Waals surface area (Å²) in [7, 11) is 1.89. The third-order valence-corrected chi connectivity index (χ3v) is 2.24. The molecule has 2 rings (SSSR count). The molecule has 13 heavy (non-hydrogen) atoms. The first-order valence-electron chi connectivity index (χ1n) is 4.12. The smallest absolute Gasteiger partial charge is 0.117 e. The van der Waals surface area contributed by atoms with Gasteiger partial charge in [0.25, 0.3) is 0 Å². The van der Waals surface area contributed by atoms with Crippen LogP contribution < -0.4 is 5.73 Å². The van der Waals surface area contributed by atoms with Crippen LogP contribution in [0.15, 0.2) is 24.4 Å². The Kier molecular flexibility index (Phi) is 1.72. The molecule has 2 nitrogen and oxygen atoms in total. The zero-order chi connectivity index (χ0) is 9.42. The summed E-state index contributed by atoms with van der Waals surface area (Å²) in [4.78, 5) is 0. The van der Waals surface area contributed by atoms with Gasteiger partial charge in [0.15, 0.2) is 0 Å². The van der Waals surface area contributed by atoms with E-state index in [9.17, 15) is 4.39 Å². The van der Waals surface area contributed by atoms with Crippen LogP contribution in [0.1, 0.15) is 5.56 Å². The molecule has 0 saturated carbocycles. The summed E-state index contributed by atoms with van der Waals surface area (Å²) in [5, 5.41) is 0.944. The predicted octanol–water partition coefficient (Wildman–Crippen LogP) is 2.23. The molecule has 0 amide bonds. The van der Waals surface area contributed by atoms with E-state index in [0.29, 0.717) is 5.69 Å². The largest absolute Gasteiger partial charge is 0.399 e. The van der Waals surface area contributed by atoms with Gasteiger partial charge in [0.1, 0.15) is 6.67 Å². The molecule has 1 aromatic carbocycles. The summed E-state index contributed by atoms with van der Waals surface area (Å²) in [6, 6.07) is 5.51. The Hall–Kier alpha value is -1.51. The maximum absolute atomic E-state index is 12.5. The van der Waals surface area contributed by atoms with E-state index >= 15 is 0 Å². The van der Waals surface area contributed by atoms with Gasteiger partial charge in [-0.2, -0.15) is 0 Å². The van der Waals surface area contributed by atoms with E-state index in [-0.39, 0.29) is 0 Å². The number of nitrogen functional groups attached to an aromatic ring is 1. The lowest BCUT2D eigenvalue weighted by atomic mass is 10.2. The number of anilines is 1. The Bertz CT molecular complexity index is 445. The molecule has 1 heterocycles. The van der Waals surface area contributed by atoms with Crippen molar-refractivity contribution in [2.75, 3.05) is 5.73 Å². The van der Waals surface area contributed by atoms with E-state index < -0.39 is 6.67 Å². The van der Waals surface area contributed by atoms with E-state index in [1.165, 1.54) is 0 Å². The minimum absolute atomic E-state index is 0.429. The number of halogens is 1. The lowest BCUT2D eigenvalue weighted by Crippen LogP contribution is -1.87. The number of hydrogen-bond acceptors (Lipinski definition) is 1. The zero-order valence-electron chi connectivity index (χ0n) is 7.42. The summed E-state index contributed by atoms with van der Waals surface area (Å²) in [5.74, 6) is 0. The first-order chi connectivity index (χ1) is 6.22. The van der Waals surface area contributed by atoms with Crippen LogP contribution in [0.5, 0.6) is 0 Å². The molecular formula is C10H11FN2. The highest BCUT2D eigenvalue weighted by molar-refractivity contribution is 5.86. The van der Waals surface area contributed by atoms with Crippen molar-refractivity contribution in [2.45, 2.75) is 6.67 Å². The average Bonchev–Trinajstić information content (AvgIpc) is 2.43. The Morgan fingerprint density at radius 1 is 1.46 bits per heavy atom. The molecule has 2 N–H and O–H groups in total. The van der Waals surface area contributed by atoms with Gasteiger partial charge in [-0.25, -0.2) is 4.39 Å². The SMILES string of the molecule is Cn1cc(CF)c2ccc(N)cc21. The van der Waals surface area contributed by atoms with Gasteiger partial charge in [-0.3, -0.25) is 0 Å². The van der Waals surface area contributed by atoms with Gasteiger partial charge in [0, 0.05) is 29.9 Å². The highest BCUT2D eigenvalue weighted by Gasteiger charge is 2.05. The molecule has 0 aliphatic carbocycles. The van der Waals surface area contributed by atoms with E-state index in [1.807, 2.05) is 23.7 Å². The number of nitrogens with two attached hydrogens (primary N) is 1. The molecule has 0 aliphatic rings. The fourth-order valence-electron chi connectivity index (χ4n) is 1.59. The zero-order valence-corrected chi connectivity index (χ0v) is 7.42. The average molecular weight is 178 g/mol. The summed E-state index contributed by atoms with van der Waals surface area (Å²) in [6.45, 7) is -0.429. The van der Waals surface area contributed by atoms with Gasteiger partial charge in [0.2, 0.25) is 0 Å². The molecular weight excluding hydrogens is 167 g/mol. The lowest BCUT2D eigenvalue weighted by molar-refractivity contribution is 0.487. The van der Waals surface area contributed by atoms with Gasteiger partial charge in [0.05, 0.1) is 5.52 Å². The van der Waals surface area contributed by atoms with Crippen molar-refractivity contribution >= 4 is 16.6 Å². The predicted molar refractivity (Wildman–Crippen MR) is 52.1 cm³/mol. The third kappa shape index (κ3) is 1.16. The molecule has 0 bridgehead atoms. The van der Waals surface area contributed by atoms with Crippen molar-refractivity contribution in [1.82, 2.24) is 4.57 Å².